The molecule has 0 unspecified atom stereocenters. The highest BCUT2D eigenvalue weighted by atomic mass is 32.1. The van der Waals surface area contributed by atoms with E-state index in [1.807, 2.05) is 36.4 Å². The summed E-state index contributed by atoms with van der Waals surface area (Å²) >= 11 is 1.78. The Morgan fingerprint density at radius 1 is 1.00 bits per heavy atom. The third-order valence-electron chi connectivity index (χ3n) is 2.72. The molecular formula is C18H23NOS. The van der Waals surface area contributed by atoms with E-state index < -0.39 is 0 Å². The normalized spacial score (nSPS) is 9.29. The molecule has 2 aromatic carbocycles. The zero-order valence-corrected chi connectivity index (χ0v) is 13.4. The number of aryl methyl sites for hydroxylation is 1. The highest BCUT2D eigenvalue weighted by molar-refractivity contribution is 7.09. The standard InChI is InChI=1S/C10H8O.C5H6S.C3H9N/c11-10-7-3-5-8-4-1-2-6-9(8)10;1-5-3-2-4-6-5;1-2-3-4/h1-7,11H;2-4H,1H3;2-4H2,1H3. The zero-order valence-electron chi connectivity index (χ0n) is 12.6. The molecular weight excluding hydrogens is 278 g/mol. The van der Waals surface area contributed by atoms with Crippen LogP contribution in [0.15, 0.2) is 60.0 Å². The predicted molar refractivity (Wildman–Crippen MR) is 94.0 cm³/mol. The van der Waals surface area contributed by atoms with Crippen LogP contribution < -0.4 is 5.73 Å². The highest BCUT2D eigenvalue weighted by Crippen LogP contribution is 2.22. The van der Waals surface area contributed by atoms with Crippen molar-refractivity contribution in [1.29, 1.82) is 0 Å². The lowest BCUT2D eigenvalue weighted by Gasteiger charge is -1.97. The van der Waals surface area contributed by atoms with E-state index in [1.54, 1.807) is 17.4 Å². The van der Waals surface area contributed by atoms with Crippen molar-refractivity contribution in [3.63, 3.8) is 0 Å². The maximum Gasteiger partial charge on any atom is 0.123 e. The Hall–Kier alpha value is -1.84. The largest absolute Gasteiger partial charge is 0.507 e. The second kappa shape index (κ2) is 9.97. The quantitative estimate of drug-likeness (QED) is 0.667. The van der Waals surface area contributed by atoms with E-state index in [-0.39, 0.29) is 0 Å². The third kappa shape index (κ3) is 6.43. The number of phenolic OH excluding ortho intramolecular Hbond substituents is 1. The molecule has 0 aliphatic carbocycles. The van der Waals surface area contributed by atoms with Crippen LogP contribution in [0.1, 0.15) is 18.2 Å². The van der Waals surface area contributed by atoms with E-state index in [0.717, 1.165) is 23.7 Å². The van der Waals surface area contributed by atoms with Gasteiger partial charge in [0, 0.05) is 10.3 Å². The molecule has 0 aliphatic heterocycles. The van der Waals surface area contributed by atoms with Crippen LogP contribution in [0, 0.1) is 6.92 Å². The fraction of sp³-hybridized carbons (Fsp3) is 0.222. The van der Waals surface area contributed by atoms with Crippen molar-refractivity contribution in [2.45, 2.75) is 20.3 Å². The summed E-state index contributed by atoms with van der Waals surface area (Å²) in [6.45, 7) is 4.98. The molecule has 2 nitrogen and oxygen atoms in total. The first-order valence-corrected chi connectivity index (χ1v) is 7.94. The van der Waals surface area contributed by atoms with Gasteiger partial charge in [0.25, 0.3) is 0 Å². The molecule has 112 valence electrons. The first kappa shape index (κ1) is 17.2. The van der Waals surface area contributed by atoms with Crippen molar-refractivity contribution in [2.24, 2.45) is 5.73 Å². The molecule has 0 amide bonds. The Morgan fingerprint density at radius 2 is 1.67 bits per heavy atom. The van der Waals surface area contributed by atoms with Gasteiger partial charge in [-0.05, 0) is 42.8 Å². The molecule has 0 radical (unpaired) electrons. The smallest absolute Gasteiger partial charge is 0.123 e. The average molecular weight is 301 g/mol. The van der Waals surface area contributed by atoms with Gasteiger partial charge in [0.05, 0.1) is 0 Å². The maximum atomic E-state index is 9.37. The van der Waals surface area contributed by atoms with E-state index in [1.165, 1.54) is 4.88 Å². The summed E-state index contributed by atoms with van der Waals surface area (Å²) in [6.07, 6.45) is 1.10. The van der Waals surface area contributed by atoms with Crippen LogP contribution in [0.2, 0.25) is 0 Å². The summed E-state index contributed by atoms with van der Waals surface area (Å²) in [6, 6.07) is 17.4. The van der Waals surface area contributed by atoms with Gasteiger partial charge in [-0.3, -0.25) is 0 Å². The maximum absolute atomic E-state index is 9.37. The van der Waals surface area contributed by atoms with E-state index in [4.69, 9.17) is 5.73 Å². The highest BCUT2D eigenvalue weighted by Gasteiger charge is 1.94. The van der Waals surface area contributed by atoms with E-state index in [2.05, 4.69) is 31.4 Å². The van der Waals surface area contributed by atoms with Crippen LogP contribution >= 0.6 is 11.3 Å². The van der Waals surface area contributed by atoms with Crippen molar-refractivity contribution in [3.05, 3.63) is 64.9 Å². The number of fused-ring (bicyclic) bond motifs is 1. The average Bonchev–Trinajstić information content (AvgIpc) is 3.00. The molecule has 1 aromatic heterocycles. The molecule has 0 aliphatic rings. The van der Waals surface area contributed by atoms with Crippen LogP contribution in [0.3, 0.4) is 0 Å². The lowest BCUT2D eigenvalue weighted by molar-refractivity contribution is 0.481. The third-order valence-corrected chi connectivity index (χ3v) is 3.52. The Balaban J connectivity index is 0.000000187. The van der Waals surface area contributed by atoms with Crippen molar-refractivity contribution < 1.29 is 5.11 Å². The minimum atomic E-state index is 0.350. The molecule has 3 N–H and O–H groups in total. The van der Waals surface area contributed by atoms with Crippen LogP contribution in [0.25, 0.3) is 10.8 Å². The molecule has 0 atom stereocenters. The van der Waals surface area contributed by atoms with Crippen molar-refractivity contribution in [3.8, 4) is 5.75 Å². The lowest BCUT2D eigenvalue weighted by Crippen LogP contribution is -1.93. The number of aromatic hydroxyl groups is 1. The number of rotatable bonds is 1. The summed E-state index contributed by atoms with van der Waals surface area (Å²) in [5.74, 6) is 0.350. The van der Waals surface area contributed by atoms with Gasteiger partial charge in [0.15, 0.2) is 0 Å². The van der Waals surface area contributed by atoms with Crippen LogP contribution in [0.4, 0.5) is 0 Å². The molecule has 0 bridgehead atoms. The topological polar surface area (TPSA) is 46.2 Å². The van der Waals surface area contributed by atoms with Crippen LogP contribution in [-0.2, 0) is 0 Å². The van der Waals surface area contributed by atoms with Crippen LogP contribution in [-0.4, -0.2) is 11.7 Å². The number of hydrogen-bond donors (Lipinski definition) is 2. The monoisotopic (exact) mass is 301 g/mol. The van der Waals surface area contributed by atoms with E-state index in [9.17, 15) is 5.11 Å². The number of nitrogens with two attached hydrogens (primary N) is 1. The second-order valence-electron chi connectivity index (χ2n) is 4.51. The van der Waals surface area contributed by atoms with Gasteiger partial charge in [-0.15, -0.1) is 11.3 Å². The van der Waals surface area contributed by atoms with E-state index >= 15 is 0 Å². The Labute approximate surface area is 130 Å². The predicted octanol–water partition coefficient (Wildman–Crippen LogP) is 4.96. The van der Waals surface area contributed by atoms with Gasteiger partial charge < -0.3 is 10.8 Å². The van der Waals surface area contributed by atoms with E-state index in [0.29, 0.717) is 5.75 Å². The summed E-state index contributed by atoms with van der Waals surface area (Å²) in [5.41, 5.74) is 5.03. The van der Waals surface area contributed by atoms with Gasteiger partial charge >= 0.3 is 0 Å². The van der Waals surface area contributed by atoms with Gasteiger partial charge in [-0.1, -0.05) is 49.4 Å². The number of benzene rings is 2. The molecule has 3 aromatic rings. The van der Waals surface area contributed by atoms with Gasteiger partial charge in [-0.25, -0.2) is 0 Å². The molecule has 3 rings (SSSR count). The SMILES string of the molecule is CCCN.Cc1cccs1.Oc1cccc2ccccc12. The summed E-state index contributed by atoms with van der Waals surface area (Å²) in [5, 5.41) is 13.4. The second-order valence-corrected chi connectivity index (χ2v) is 5.66. The van der Waals surface area contributed by atoms with Crippen molar-refractivity contribution in [2.75, 3.05) is 6.54 Å². The number of hydrogen-bond acceptors (Lipinski definition) is 3. The molecule has 0 saturated heterocycles. The van der Waals surface area contributed by atoms with Crippen molar-refractivity contribution in [1.82, 2.24) is 0 Å². The molecule has 0 saturated carbocycles. The summed E-state index contributed by atoms with van der Waals surface area (Å²) in [7, 11) is 0. The number of phenols is 1. The molecule has 1 heterocycles. The fourth-order valence-electron chi connectivity index (χ4n) is 1.57. The molecule has 21 heavy (non-hydrogen) atoms. The van der Waals surface area contributed by atoms with Gasteiger partial charge in [-0.2, -0.15) is 0 Å². The Kier molecular flexibility index (Phi) is 8.17. The molecule has 0 fully saturated rings. The first-order valence-electron chi connectivity index (χ1n) is 7.06. The lowest BCUT2D eigenvalue weighted by atomic mass is 10.1. The molecule has 3 heteroatoms. The number of thiophene rings is 1. The fourth-order valence-corrected chi connectivity index (χ4v) is 2.10. The summed E-state index contributed by atoms with van der Waals surface area (Å²) < 4.78 is 0. The van der Waals surface area contributed by atoms with Gasteiger partial charge in [0.1, 0.15) is 5.75 Å². The Bertz CT molecular complexity index is 613. The minimum Gasteiger partial charge on any atom is -0.507 e. The zero-order chi connectivity index (χ0) is 15.5. The molecule has 0 spiro atoms. The Morgan fingerprint density at radius 3 is 2.14 bits per heavy atom. The first-order chi connectivity index (χ1) is 10.2. The van der Waals surface area contributed by atoms with Crippen LogP contribution in [0.5, 0.6) is 5.75 Å². The van der Waals surface area contributed by atoms with Gasteiger partial charge in [0.2, 0.25) is 0 Å². The van der Waals surface area contributed by atoms with Crippen molar-refractivity contribution >= 4 is 22.1 Å². The minimum absolute atomic E-state index is 0.350. The summed E-state index contributed by atoms with van der Waals surface area (Å²) in [4.78, 5) is 1.38.